The van der Waals surface area contributed by atoms with E-state index in [1.807, 2.05) is 0 Å². The van der Waals surface area contributed by atoms with Crippen LogP contribution in [0.4, 0.5) is 26.3 Å². The monoisotopic (exact) mass is 525 g/mol. The van der Waals surface area contributed by atoms with E-state index in [1.54, 1.807) is 6.92 Å². The number of aromatic nitrogens is 2. The number of sulfone groups is 1. The van der Waals surface area contributed by atoms with Crippen LogP contribution in [-0.2, 0) is 33.5 Å². The molecule has 35 heavy (non-hydrogen) atoms. The lowest BCUT2D eigenvalue weighted by Crippen LogP contribution is -2.44. The molecule has 1 atom stereocenters. The lowest BCUT2D eigenvalue weighted by Gasteiger charge is -2.28. The average Bonchev–Trinajstić information content (AvgIpc) is 3.31. The Hall–Kier alpha value is -2.90. The van der Waals surface area contributed by atoms with Gasteiger partial charge in [-0.2, -0.15) is 31.4 Å². The number of halogens is 6. The van der Waals surface area contributed by atoms with E-state index in [0.717, 1.165) is 13.3 Å². The van der Waals surface area contributed by atoms with Crippen LogP contribution < -0.4 is 0 Å². The Balaban J connectivity index is 1.87. The number of rotatable bonds is 7. The number of hydrogen-bond donors (Lipinski definition) is 0. The molecule has 0 aliphatic carbocycles. The van der Waals surface area contributed by atoms with E-state index in [1.165, 1.54) is 18.2 Å². The van der Waals surface area contributed by atoms with Crippen molar-refractivity contribution in [2.75, 3.05) is 12.0 Å². The van der Waals surface area contributed by atoms with Gasteiger partial charge in [-0.05, 0) is 36.6 Å². The molecule has 0 saturated carbocycles. The van der Waals surface area contributed by atoms with Gasteiger partial charge in [0.25, 0.3) is 5.60 Å². The highest BCUT2D eigenvalue weighted by atomic mass is 32.2. The SMILES string of the molecule is Cc1cc(C2=NOC(c3cc(C(F)(F)F)nn3C)(C(F)(F)F)C2)ccc1C(=O)CCCS(C)(=O)=O. The van der Waals surface area contributed by atoms with E-state index in [4.69, 9.17) is 4.84 Å². The average molecular weight is 525 g/mol. The fourth-order valence-electron chi connectivity index (χ4n) is 3.79. The van der Waals surface area contributed by atoms with Gasteiger partial charge in [-0.25, -0.2) is 8.42 Å². The molecule has 0 bridgehead atoms. The molecule has 7 nitrogen and oxygen atoms in total. The smallest absolute Gasteiger partial charge is 0.372 e. The van der Waals surface area contributed by atoms with Crippen LogP contribution >= 0.6 is 0 Å². The van der Waals surface area contributed by atoms with Crippen molar-refractivity contribution in [1.82, 2.24) is 9.78 Å². The van der Waals surface area contributed by atoms with Crippen molar-refractivity contribution in [1.29, 1.82) is 0 Å². The van der Waals surface area contributed by atoms with Crippen LogP contribution in [0.1, 0.15) is 52.1 Å². The Labute approximate surface area is 196 Å². The van der Waals surface area contributed by atoms with Crippen LogP contribution in [0.15, 0.2) is 29.4 Å². The molecule has 0 amide bonds. The number of nitrogens with zero attached hydrogens (tertiary/aromatic N) is 3. The highest BCUT2D eigenvalue weighted by molar-refractivity contribution is 7.90. The second-order valence-electron chi connectivity index (χ2n) is 8.35. The van der Waals surface area contributed by atoms with Gasteiger partial charge in [-0.3, -0.25) is 9.48 Å². The Morgan fingerprint density at radius 2 is 1.83 bits per heavy atom. The maximum atomic E-state index is 14.1. The van der Waals surface area contributed by atoms with Crippen molar-refractivity contribution in [3.8, 4) is 0 Å². The number of hydrogen-bond acceptors (Lipinski definition) is 6. The van der Waals surface area contributed by atoms with Crippen LogP contribution in [0.3, 0.4) is 0 Å². The summed E-state index contributed by atoms with van der Waals surface area (Å²) in [6, 6.07) is 4.45. The Bertz CT molecular complexity index is 1280. The molecule has 0 radical (unpaired) electrons. The van der Waals surface area contributed by atoms with E-state index in [0.29, 0.717) is 10.2 Å². The van der Waals surface area contributed by atoms with Crippen LogP contribution in [0.25, 0.3) is 0 Å². The van der Waals surface area contributed by atoms with Gasteiger partial charge >= 0.3 is 12.4 Å². The van der Waals surface area contributed by atoms with Gasteiger partial charge < -0.3 is 4.84 Å². The Morgan fingerprint density at radius 3 is 2.34 bits per heavy atom. The maximum Gasteiger partial charge on any atom is 0.437 e. The van der Waals surface area contributed by atoms with E-state index in [-0.39, 0.29) is 47.3 Å². The Kier molecular flexibility index (Phi) is 6.83. The zero-order chi connectivity index (χ0) is 26.4. The molecule has 2 heterocycles. The predicted molar refractivity (Wildman–Crippen MR) is 113 cm³/mol. The van der Waals surface area contributed by atoms with Gasteiger partial charge in [0.15, 0.2) is 11.5 Å². The van der Waals surface area contributed by atoms with Gasteiger partial charge in [0.2, 0.25) is 0 Å². The highest BCUT2D eigenvalue weighted by Crippen LogP contribution is 2.49. The summed E-state index contributed by atoms with van der Waals surface area (Å²) in [6.45, 7) is 1.55. The summed E-state index contributed by atoms with van der Waals surface area (Å²) in [7, 11) is -2.28. The standard InChI is InChI=1S/C21H21F6N3O4S/c1-12-9-13(6-7-14(12)16(31)5-4-8-35(3,32)33)15-11-19(34-29-15,21(25,26)27)18-10-17(20(22,23)24)28-30(18)2/h6-7,9-10H,4-5,8,11H2,1-3H3. The van der Waals surface area contributed by atoms with Crippen molar-refractivity contribution < 1.29 is 44.4 Å². The zero-order valence-electron chi connectivity index (χ0n) is 18.8. The zero-order valence-corrected chi connectivity index (χ0v) is 19.6. The van der Waals surface area contributed by atoms with E-state index in [2.05, 4.69) is 10.3 Å². The summed E-state index contributed by atoms with van der Waals surface area (Å²) in [4.78, 5) is 17.2. The lowest BCUT2D eigenvalue weighted by molar-refractivity contribution is -0.278. The number of ketones is 1. The van der Waals surface area contributed by atoms with Gasteiger partial charge in [0, 0.05) is 25.3 Å². The van der Waals surface area contributed by atoms with Gasteiger partial charge in [-0.1, -0.05) is 17.3 Å². The predicted octanol–water partition coefficient (Wildman–Crippen LogP) is 4.34. The quantitative estimate of drug-likeness (QED) is 0.396. The van der Waals surface area contributed by atoms with Gasteiger partial charge in [0.1, 0.15) is 9.84 Å². The molecule has 0 N–H and O–H groups in total. The fourth-order valence-corrected chi connectivity index (χ4v) is 4.46. The number of aryl methyl sites for hydroxylation is 2. The molecule has 2 aromatic rings. The second kappa shape index (κ2) is 8.95. The first-order valence-corrected chi connectivity index (χ1v) is 12.3. The lowest BCUT2D eigenvalue weighted by atomic mass is 9.88. The van der Waals surface area contributed by atoms with Crippen molar-refractivity contribution in [3.05, 3.63) is 52.3 Å². The fraction of sp³-hybridized carbons (Fsp3) is 0.476. The number of Topliss-reactive ketones (excluding diaryl/α,β-unsaturated/α-hetero) is 1. The van der Waals surface area contributed by atoms with Crippen LogP contribution in [0.2, 0.25) is 0 Å². The van der Waals surface area contributed by atoms with Crippen molar-refractivity contribution in [2.24, 2.45) is 12.2 Å². The summed E-state index contributed by atoms with van der Waals surface area (Å²) < 4.78 is 104. The molecule has 0 saturated heterocycles. The number of benzene rings is 1. The number of carbonyl (C=O) groups excluding carboxylic acids is 1. The summed E-state index contributed by atoms with van der Waals surface area (Å²) in [5.41, 5.74) is -4.82. The Morgan fingerprint density at radius 1 is 1.17 bits per heavy atom. The van der Waals surface area contributed by atoms with Crippen LogP contribution in [0.5, 0.6) is 0 Å². The van der Waals surface area contributed by atoms with Crippen molar-refractivity contribution >= 4 is 21.3 Å². The highest BCUT2D eigenvalue weighted by Gasteiger charge is 2.64. The van der Waals surface area contributed by atoms with Crippen molar-refractivity contribution in [2.45, 2.75) is 44.1 Å². The first-order valence-electron chi connectivity index (χ1n) is 10.2. The van der Waals surface area contributed by atoms with Gasteiger partial charge in [0.05, 0.1) is 23.6 Å². The minimum absolute atomic E-state index is 0.0312. The summed E-state index contributed by atoms with van der Waals surface area (Å²) in [5.74, 6) is -0.491. The maximum absolute atomic E-state index is 14.1. The van der Waals surface area contributed by atoms with Crippen LogP contribution in [-0.4, -0.2) is 47.9 Å². The summed E-state index contributed by atoms with van der Waals surface area (Å²) >= 11 is 0. The topological polar surface area (TPSA) is 90.6 Å². The third-order valence-corrected chi connectivity index (χ3v) is 6.58. The molecule has 1 unspecified atom stereocenters. The minimum Gasteiger partial charge on any atom is -0.372 e. The molecule has 1 aliphatic heterocycles. The molecule has 1 aromatic heterocycles. The normalized spacial score (nSPS) is 18.9. The first kappa shape index (κ1) is 26.7. The van der Waals surface area contributed by atoms with E-state index >= 15 is 0 Å². The molecule has 192 valence electrons. The molecule has 1 aliphatic rings. The van der Waals surface area contributed by atoms with Crippen molar-refractivity contribution in [3.63, 3.8) is 0 Å². The number of oxime groups is 1. The summed E-state index contributed by atoms with van der Waals surface area (Å²) in [6.07, 6.45) is -9.84. The third-order valence-electron chi connectivity index (χ3n) is 5.55. The molecule has 0 fully saturated rings. The molecular weight excluding hydrogens is 504 g/mol. The molecular formula is C21H21F6N3O4S. The minimum atomic E-state index is -5.13. The molecule has 14 heteroatoms. The molecule has 0 spiro atoms. The third kappa shape index (κ3) is 5.52. The number of alkyl halides is 6. The van der Waals surface area contributed by atoms with E-state index in [9.17, 15) is 39.6 Å². The van der Waals surface area contributed by atoms with Gasteiger partial charge in [-0.15, -0.1) is 0 Å². The largest absolute Gasteiger partial charge is 0.437 e. The first-order chi connectivity index (χ1) is 15.9. The van der Waals surface area contributed by atoms with E-state index < -0.39 is 45.6 Å². The molecule has 1 aromatic carbocycles. The number of carbonyl (C=O) groups is 1. The second-order valence-corrected chi connectivity index (χ2v) is 10.6. The van der Waals surface area contributed by atoms with Crippen LogP contribution in [0, 0.1) is 6.92 Å². The summed E-state index contributed by atoms with van der Waals surface area (Å²) in [5, 5.41) is 6.68. The molecule has 3 rings (SSSR count).